The molecule has 3 aromatic rings. The summed E-state index contributed by atoms with van der Waals surface area (Å²) in [6, 6.07) is 15.1. The largest absolute Gasteiger partial charge is 0.386 e. The maximum atomic E-state index is 13.2. The van der Waals surface area contributed by atoms with Crippen LogP contribution in [-0.4, -0.2) is 16.1 Å². The van der Waals surface area contributed by atoms with Crippen LogP contribution < -0.4 is 10.9 Å². The van der Waals surface area contributed by atoms with E-state index in [9.17, 15) is 10.1 Å². The van der Waals surface area contributed by atoms with Gasteiger partial charge in [-0.25, -0.2) is 0 Å². The third-order valence-electron chi connectivity index (χ3n) is 4.40. The maximum absolute atomic E-state index is 13.2. The first-order valence-corrected chi connectivity index (χ1v) is 8.55. The lowest BCUT2D eigenvalue weighted by atomic mass is 9.98. The molecular weight excluding hydrogens is 336 g/mol. The van der Waals surface area contributed by atoms with Crippen molar-refractivity contribution in [2.75, 3.05) is 6.54 Å². The minimum Gasteiger partial charge on any atom is -0.386 e. The molecule has 0 atom stereocenters. The second-order valence-electron chi connectivity index (χ2n) is 6.10. The molecular formula is C22H16N4O. The number of hydrogen-bond donors (Lipinski definition) is 1. The topological polar surface area (TPSA) is 70.7 Å². The average molecular weight is 352 g/mol. The first-order chi connectivity index (χ1) is 13.3. The predicted molar refractivity (Wildman–Crippen MR) is 105 cm³/mol. The highest BCUT2D eigenvalue weighted by molar-refractivity contribution is 5.76. The van der Waals surface area contributed by atoms with Crippen molar-refractivity contribution in [1.29, 1.82) is 5.26 Å². The number of allylic oxidation sites excluding steroid dienone is 2. The van der Waals surface area contributed by atoms with Gasteiger partial charge in [-0.2, -0.15) is 5.26 Å². The number of aromatic nitrogens is 2. The number of rotatable bonds is 3. The van der Waals surface area contributed by atoms with Gasteiger partial charge < -0.3 is 5.32 Å². The van der Waals surface area contributed by atoms with Gasteiger partial charge in [0.1, 0.15) is 0 Å². The highest BCUT2D eigenvalue weighted by Gasteiger charge is 2.14. The second kappa shape index (κ2) is 7.14. The lowest BCUT2D eigenvalue weighted by Crippen LogP contribution is -2.23. The summed E-state index contributed by atoms with van der Waals surface area (Å²) in [6.45, 7) is 0.727. The van der Waals surface area contributed by atoms with Crippen molar-refractivity contribution in [3.8, 4) is 28.3 Å². The number of hydrogen-bond acceptors (Lipinski definition) is 4. The molecule has 0 unspecified atom stereocenters. The number of dihydropyridines is 1. The van der Waals surface area contributed by atoms with Gasteiger partial charge in [0.2, 0.25) is 0 Å². The molecule has 4 rings (SSSR count). The third-order valence-corrected chi connectivity index (χ3v) is 4.40. The van der Waals surface area contributed by atoms with Gasteiger partial charge in [0, 0.05) is 53.6 Å². The minimum atomic E-state index is -0.138. The van der Waals surface area contributed by atoms with Crippen molar-refractivity contribution in [1.82, 2.24) is 14.9 Å². The maximum Gasteiger partial charge on any atom is 0.263 e. The molecule has 27 heavy (non-hydrogen) atoms. The summed E-state index contributed by atoms with van der Waals surface area (Å²) in [4.78, 5) is 17.3. The van der Waals surface area contributed by atoms with Crippen LogP contribution in [0.2, 0.25) is 0 Å². The fourth-order valence-corrected chi connectivity index (χ4v) is 3.09. The lowest BCUT2D eigenvalue weighted by molar-refractivity contribution is 0.933. The molecule has 0 amide bonds. The highest BCUT2D eigenvalue weighted by atomic mass is 16.1. The molecule has 2 aromatic heterocycles. The summed E-state index contributed by atoms with van der Waals surface area (Å²) in [5, 5.41) is 12.6. The lowest BCUT2D eigenvalue weighted by Gasteiger charge is -2.15. The molecule has 0 spiro atoms. The van der Waals surface area contributed by atoms with Crippen molar-refractivity contribution >= 4 is 5.70 Å². The molecule has 3 heterocycles. The van der Waals surface area contributed by atoms with Crippen molar-refractivity contribution in [2.45, 2.75) is 0 Å². The Kier molecular flexibility index (Phi) is 4.38. The Bertz CT molecular complexity index is 1150. The van der Waals surface area contributed by atoms with Gasteiger partial charge in [0.15, 0.2) is 0 Å². The van der Waals surface area contributed by atoms with Crippen LogP contribution in [0.4, 0.5) is 0 Å². The zero-order chi connectivity index (χ0) is 18.6. The fraction of sp³-hybridized carbons (Fsp3) is 0.0455. The van der Waals surface area contributed by atoms with E-state index < -0.39 is 0 Å². The van der Waals surface area contributed by atoms with Gasteiger partial charge in [0.05, 0.1) is 17.3 Å². The Morgan fingerprint density at radius 1 is 1.11 bits per heavy atom. The summed E-state index contributed by atoms with van der Waals surface area (Å²) in [7, 11) is 0. The molecule has 1 N–H and O–H groups in total. The molecule has 0 saturated heterocycles. The normalized spacial score (nSPS) is 12.8. The SMILES string of the molecule is N#Cc1ccccc1-c1cc(-c2cccnc2)c(=O)n(C2=CNCC=C2)c1. The number of nitriles is 1. The summed E-state index contributed by atoms with van der Waals surface area (Å²) in [5.74, 6) is 0. The highest BCUT2D eigenvalue weighted by Crippen LogP contribution is 2.27. The molecule has 5 heteroatoms. The van der Waals surface area contributed by atoms with Gasteiger partial charge in [0.25, 0.3) is 5.56 Å². The van der Waals surface area contributed by atoms with Gasteiger partial charge in [-0.1, -0.05) is 30.3 Å². The Labute approximate surface area is 156 Å². The van der Waals surface area contributed by atoms with E-state index >= 15 is 0 Å². The van der Waals surface area contributed by atoms with Crippen LogP contribution in [0, 0.1) is 11.3 Å². The van der Waals surface area contributed by atoms with Gasteiger partial charge in [-0.05, 0) is 24.3 Å². The van der Waals surface area contributed by atoms with Crippen molar-refractivity contribution < 1.29 is 0 Å². The van der Waals surface area contributed by atoms with Gasteiger partial charge in [-0.3, -0.25) is 14.3 Å². The van der Waals surface area contributed by atoms with E-state index in [1.165, 1.54) is 0 Å². The van der Waals surface area contributed by atoms with Crippen molar-refractivity contribution in [3.05, 3.63) is 95.3 Å². The van der Waals surface area contributed by atoms with E-state index in [1.54, 1.807) is 35.3 Å². The number of pyridine rings is 2. The standard InChI is InChI=1S/C22H16N4O/c23-12-16-5-1-2-8-20(16)18-11-21(17-6-3-9-24-13-17)22(27)26(15-18)19-7-4-10-25-14-19/h1-9,11,13-15,25H,10H2. The van der Waals surface area contributed by atoms with Gasteiger partial charge >= 0.3 is 0 Å². The molecule has 1 aliphatic heterocycles. The van der Waals surface area contributed by atoms with E-state index in [0.29, 0.717) is 11.1 Å². The van der Waals surface area contributed by atoms with Crippen LogP contribution in [0.15, 0.2) is 84.2 Å². The summed E-state index contributed by atoms with van der Waals surface area (Å²) < 4.78 is 1.61. The zero-order valence-electron chi connectivity index (χ0n) is 14.5. The molecule has 0 bridgehead atoms. The smallest absolute Gasteiger partial charge is 0.263 e. The zero-order valence-corrected chi connectivity index (χ0v) is 14.5. The van der Waals surface area contributed by atoms with Crippen LogP contribution in [0.5, 0.6) is 0 Å². The van der Waals surface area contributed by atoms with E-state index in [2.05, 4.69) is 16.4 Å². The van der Waals surface area contributed by atoms with E-state index in [0.717, 1.165) is 28.9 Å². The monoisotopic (exact) mass is 352 g/mol. The molecule has 0 fully saturated rings. The van der Waals surface area contributed by atoms with E-state index in [-0.39, 0.29) is 5.56 Å². The Morgan fingerprint density at radius 3 is 2.74 bits per heavy atom. The molecule has 0 aliphatic carbocycles. The Balaban J connectivity index is 2.00. The second-order valence-corrected chi connectivity index (χ2v) is 6.10. The third kappa shape index (κ3) is 3.16. The Morgan fingerprint density at radius 2 is 2.00 bits per heavy atom. The molecule has 0 saturated carbocycles. The summed E-state index contributed by atoms with van der Waals surface area (Å²) in [6.07, 6.45) is 10.8. The van der Waals surface area contributed by atoms with Crippen LogP contribution in [0.25, 0.3) is 28.0 Å². The summed E-state index contributed by atoms with van der Waals surface area (Å²) in [5.41, 5.74) is 4.02. The predicted octanol–water partition coefficient (Wildman–Crippen LogP) is 3.41. The Hall–Kier alpha value is -3.91. The first-order valence-electron chi connectivity index (χ1n) is 8.55. The van der Waals surface area contributed by atoms with Crippen LogP contribution >= 0.6 is 0 Å². The molecule has 0 radical (unpaired) electrons. The number of nitrogens with zero attached hydrogens (tertiary/aromatic N) is 3. The average Bonchev–Trinajstić information content (AvgIpc) is 2.75. The van der Waals surface area contributed by atoms with E-state index in [1.807, 2.05) is 48.7 Å². The van der Waals surface area contributed by atoms with Crippen LogP contribution in [-0.2, 0) is 0 Å². The van der Waals surface area contributed by atoms with E-state index in [4.69, 9.17) is 0 Å². The summed E-state index contributed by atoms with van der Waals surface area (Å²) >= 11 is 0. The van der Waals surface area contributed by atoms with Crippen LogP contribution in [0.1, 0.15) is 5.56 Å². The molecule has 5 nitrogen and oxygen atoms in total. The molecule has 1 aliphatic rings. The minimum absolute atomic E-state index is 0.138. The number of nitrogens with one attached hydrogen (secondary N) is 1. The van der Waals surface area contributed by atoms with Gasteiger partial charge in [-0.15, -0.1) is 0 Å². The fourth-order valence-electron chi connectivity index (χ4n) is 3.09. The number of benzene rings is 1. The first kappa shape index (κ1) is 16.6. The van der Waals surface area contributed by atoms with Crippen molar-refractivity contribution in [3.63, 3.8) is 0 Å². The van der Waals surface area contributed by atoms with Crippen molar-refractivity contribution in [2.24, 2.45) is 0 Å². The quantitative estimate of drug-likeness (QED) is 0.784. The van der Waals surface area contributed by atoms with Crippen LogP contribution in [0.3, 0.4) is 0 Å². The molecule has 1 aromatic carbocycles. The molecule has 130 valence electrons.